The second-order valence-electron chi connectivity index (χ2n) is 7.13. The van der Waals surface area contributed by atoms with E-state index in [-0.39, 0.29) is 40.8 Å². The molecule has 0 saturated heterocycles. The molecule has 2 heterocycles. The summed E-state index contributed by atoms with van der Waals surface area (Å²) in [6.45, 7) is 2.70. The molecule has 33 heavy (non-hydrogen) atoms. The van der Waals surface area contributed by atoms with Crippen LogP contribution in [0.25, 0.3) is 0 Å². The van der Waals surface area contributed by atoms with Crippen LogP contribution in [0.1, 0.15) is 24.2 Å². The molecule has 1 aromatic heterocycles. The number of halogens is 4. The first kappa shape index (κ1) is 24.7. The summed E-state index contributed by atoms with van der Waals surface area (Å²) in [5.41, 5.74) is 0.390. The highest BCUT2D eigenvalue weighted by Crippen LogP contribution is 2.36. The highest BCUT2D eigenvalue weighted by Gasteiger charge is 2.34. The number of carbonyl (C=O) groups is 1. The number of rotatable bonds is 8. The molecule has 1 aliphatic heterocycles. The van der Waals surface area contributed by atoms with Crippen LogP contribution in [-0.4, -0.2) is 60.1 Å². The molecule has 2 aromatic rings. The number of aromatic nitrogens is 1. The van der Waals surface area contributed by atoms with Crippen LogP contribution in [0.3, 0.4) is 0 Å². The van der Waals surface area contributed by atoms with E-state index in [1.807, 2.05) is 11.8 Å². The molecule has 1 aliphatic rings. The summed E-state index contributed by atoms with van der Waals surface area (Å²) in [4.78, 5) is 22.9. The molecule has 11 heteroatoms. The van der Waals surface area contributed by atoms with Crippen LogP contribution < -0.4 is 5.32 Å². The van der Waals surface area contributed by atoms with Gasteiger partial charge >= 0.3 is 5.97 Å². The first-order valence-corrected chi connectivity index (χ1v) is 10.4. The van der Waals surface area contributed by atoms with Crippen molar-refractivity contribution < 1.29 is 27.8 Å². The zero-order valence-electron chi connectivity index (χ0n) is 17.9. The number of esters is 1. The maximum Gasteiger partial charge on any atom is 0.338 e. The molecule has 3 rings (SSSR count). The van der Waals surface area contributed by atoms with Crippen LogP contribution in [0.4, 0.5) is 13.2 Å². The van der Waals surface area contributed by atoms with E-state index in [2.05, 4.69) is 15.3 Å². The third-order valence-corrected chi connectivity index (χ3v) is 5.39. The van der Waals surface area contributed by atoms with Gasteiger partial charge in [0.2, 0.25) is 0 Å². The fourth-order valence-corrected chi connectivity index (χ4v) is 3.71. The smallest absolute Gasteiger partial charge is 0.338 e. The number of ether oxygens (including phenoxy) is 1. The Morgan fingerprint density at radius 2 is 2.03 bits per heavy atom. The summed E-state index contributed by atoms with van der Waals surface area (Å²) in [6.07, 6.45) is 0.839. The maximum atomic E-state index is 14.5. The van der Waals surface area contributed by atoms with Gasteiger partial charge in [-0.15, -0.1) is 0 Å². The van der Waals surface area contributed by atoms with Gasteiger partial charge in [0, 0.05) is 35.4 Å². The SMILES string of the molecule is CCN(CCO)CC1=C(C(=O)OC)C(c2ccc(F)cc2Cl)N=C(c2ncc(F)cc2F)N1. The van der Waals surface area contributed by atoms with Gasteiger partial charge in [-0.3, -0.25) is 9.89 Å². The molecule has 176 valence electrons. The van der Waals surface area contributed by atoms with E-state index in [0.29, 0.717) is 24.9 Å². The number of nitrogens with zero attached hydrogens (tertiary/aromatic N) is 3. The molecule has 0 saturated carbocycles. The number of hydrogen-bond acceptors (Lipinski definition) is 7. The highest BCUT2D eigenvalue weighted by molar-refractivity contribution is 6.31. The van der Waals surface area contributed by atoms with Crippen LogP contribution in [-0.2, 0) is 9.53 Å². The average Bonchev–Trinajstić information content (AvgIpc) is 2.77. The molecular weight excluding hydrogens is 461 g/mol. The topological polar surface area (TPSA) is 87.0 Å². The van der Waals surface area contributed by atoms with Crippen molar-refractivity contribution in [1.82, 2.24) is 15.2 Å². The molecular formula is C22H22ClF3N4O3. The van der Waals surface area contributed by atoms with Crippen molar-refractivity contribution in [2.45, 2.75) is 13.0 Å². The van der Waals surface area contributed by atoms with E-state index in [4.69, 9.17) is 16.3 Å². The quantitative estimate of drug-likeness (QED) is 0.563. The first-order chi connectivity index (χ1) is 15.8. The van der Waals surface area contributed by atoms with Crippen LogP contribution in [0, 0.1) is 17.5 Å². The molecule has 0 bridgehead atoms. The molecule has 1 unspecified atom stereocenters. The van der Waals surface area contributed by atoms with Gasteiger partial charge in [-0.25, -0.2) is 22.9 Å². The van der Waals surface area contributed by atoms with Crippen molar-refractivity contribution in [3.63, 3.8) is 0 Å². The number of nitrogens with one attached hydrogen (secondary N) is 1. The number of likely N-dealkylation sites (N-methyl/N-ethyl adjacent to an activating group) is 1. The lowest BCUT2D eigenvalue weighted by molar-refractivity contribution is -0.136. The molecule has 0 spiro atoms. The predicted molar refractivity (Wildman–Crippen MR) is 116 cm³/mol. The second kappa shape index (κ2) is 10.8. The van der Waals surface area contributed by atoms with E-state index >= 15 is 0 Å². The van der Waals surface area contributed by atoms with Gasteiger partial charge in [-0.1, -0.05) is 24.6 Å². The van der Waals surface area contributed by atoms with Crippen LogP contribution in [0.2, 0.25) is 5.02 Å². The zero-order chi connectivity index (χ0) is 24.1. The van der Waals surface area contributed by atoms with Crippen molar-refractivity contribution in [2.75, 3.05) is 33.4 Å². The summed E-state index contributed by atoms with van der Waals surface area (Å²) in [5.74, 6) is -3.21. The van der Waals surface area contributed by atoms with Crippen LogP contribution in [0.5, 0.6) is 0 Å². The Kier molecular flexibility index (Phi) is 8.06. The minimum absolute atomic E-state index is 0.000922. The Hall–Kier alpha value is -2.95. The van der Waals surface area contributed by atoms with E-state index in [9.17, 15) is 23.1 Å². The zero-order valence-corrected chi connectivity index (χ0v) is 18.7. The molecule has 2 N–H and O–H groups in total. The average molecular weight is 483 g/mol. The Labute approximate surface area is 193 Å². The summed E-state index contributed by atoms with van der Waals surface area (Å²) < 4.78 is 46.6. The summed E-state index contributed by atoms with van der Waals surface area (Å²) in [6, 6.07) is 3.18. The van der Waals surface area contributed by atoms with Crippen molar-refractivity contribution in [3.05, 3.63) is 75.5 Å². The lowest BCUT2D eigenvalue weighted by atomic mass is 9.95. The standard InChI is InChI=1S/C22H22ClF3N4O3/c1-3-30(6-7-31)11-17-18(22(32)33-2)19(14-5-4-12(24)8-15(14)23)29-21(28-17)20-16(26)9-13(25)10-27-20/h4-5,8-10,19,31H,3,6-7,11H2,1-2H3,(H,28,29). The van der Waals surface area contributed by atoms with Gasteiger partial charge in [0.1, 0.15) is 23.4 Å². The van der Waals surface area contributed by atoms with E-state index in [0.717, 1.165) is 18.3 Å². The van der Waals surface area contributed by atoms with Crippen LogP contribution >= 0.6 is 11.6 Å². The van der Waals surface area contributed by atoms with Crippen LogP contribution in [0.15, 0.2) is 46.7 Å². The van der Waals surface area contributed by atoms with Gasteiger partial charge in [0.05, 0.1) is 25.5 Å². The molecule has 1 aromatic carbocycles. The Morgan fingerprint density at radius 3 is 2.64 bits per heavy atom. The van der Waals surface area contributed by atoms with Gasteiger partial charge < -0.3 is 15.2 Å². The van der Waals surface area contributed by atoms with E-state index in [1.54, 1.807) is 0 Å². The number of aliphatic imine (C=N–C) groups is 1. The highest BCUT2D eigenvalue weighted by atomic mass is 35.5. The predicted octanol–water partition coefficient (Wildman–Crippen LogP) is 2.98. The maximum absolute atomic E-state index is 14.5. The number of methoxy groups -OCH3 is 1. The van der Waals surface area contributed by atoms with Gasteiger partial charge in [-0.05, 0) is 18.7 Å². The van der Waals surface area contributed by atoms with E-state index in [1.165, 1.54) is 13.2 Å². The first-order valence-electron chi connectivity index (χ1n) is 10.0. The van der Waals surface area contributed by atoms with Gasteiger partial charge in [0.15, 0.2) is 11.7 Å². The number of benzene rings is 1. The van der Waals surface area contributed by atoms with Crippen molar-refractivity contribution >= 4 is 23.4 Å². The second-order valence-corrected chi connectivity index (χ2v) is 7.54. The Morgan fingerprint density at radius 1 is 1.27 bits per heavy atom. The summed E-state index contributed by atoms with van der Waals surface area (Å²) in [7, 11) is 1.20. The largest absolute Gasteiger partial charge is 0.466 e. The number of hydrogen-bond donors (Lipinski definition) is 2. The van der Waals surface area contributed by atoms with Crippen molar-refractivity contribution in [2.24, 2.45) is 4.99 Å². The Bertz CT molecular complexity index is 1110. The monoisotopic (exact) mass is 482 g/mol. The summed E-state index contributed by atoms with van der Waals surface area (Å²) >= 11 is 6.27. The fourth-order valence-electron chi connectivity index (χ4n) is 3.44. The number of aliphatic hydroxyl groups is 1. The van der Waals surface area contributed by atoms with Gasteiger partial charge in [0.25, 0.3) is 0 Å². The molecule has 0 aliphatic carbocycles. The number of aliphatic hydroxyl groups excluding tert-OH is 1. The third kappa shape index (κ3) is 5.52. The minimum Gasteiger partial charge on any atom is -0.466 e. The molecule has 0 amide bonds. The van der Waals surface area contributed by atoms with Crippen molar-refractivity contribution in [1.29, 1.82) is 0 Å². The summed E-state index contributed by atoms with van der Waals surface area (Å²) in [5, 5.41) is 12.3. The van der Waals surface area contributed by atoms with Gasteiger partial charge in [-0.2, -0.15) is 0 Å². The minimum atomic E-state index is -1.09. The molecule has 1 atom stereocenters. The lowest BCUT2D eigenvalue weighted by Crippen LogP contribution is -2.41. The van der Waals surface area contributed by atoms with Crippen molar-refractivity contribution in [3.8, 4) is 0 Å². The lowest BCUT2D eigenvalue weighted by Gasteiger charge is -2.30. The normalized spacial score (nSPS) is 16.0. The number of carbonyl (C=O) groups excluding carboxylic acids is 1. The fraction of sp³-hybridized carbons (Fsp3) is 0.318. The molecule has 0 radical (unpaired) electrons. The Balaban J connectivity index is 2.21. The third-order valence-electron chi connectivity index (χ3n) is 5.07. The number of amidine groups is 1. The molecule has 0 fully saturated rings. The molecule has 7 nitrogen and oxygen atoms in total. The number of pyridine rings is 1. The van der Waals surface area contributed by atoms with E-state index < -0.39 is 29.5 Å².